The lowest BCUT2D eigenvalue weighted by atomic mass is 10.2. The van der Waals surface area contributed by atoms with Gasteiger partial charge in [0.2, 0.25) is 5.91 Å². The van der Waals surface area contributed by atoms with Crippen molar-refractivity contribution in [2.75, 3.05) is 6.61 Å². The van der Waals surface area contributed by atoms with E-state index in [0.29, 0.717) is 6.54 Å². The maximum absolute atomic E-state index is 11.6. The first kappa shape index (κ1) is 13.1. The second-order valence-electron chi connectivity index (χ2n) is 4.71. The molecule has 3 N–H and O–H groups in total. The number of rotatable bonds is 5. The Morgan fingerprint density at radius 2 is 2.11 bits per heavy atom. The fourth-order valence-electron chi connectivity index (χ4n) is 2.19. The van der Waals surface area contributed by atoms with Crippen molar-refractivity contribution in [1.82, 2.24) is 5.32 Å². The molecule has 1 aliphatic carbocycles. The largest absolute Gasteiger partial charge is 0.367 e. The quantitative estimate of drug-likeness (QED) is 0.823. The smallest absolute Gasteiger partial charge is 0.246 e. The van der Waals surface area contributed by atoms with Gasteiger partial charge in [-0.1, -0.05) is 30.3 Å². The maximum Gasteiger partial charge on any atom is 0.246 e. The van der Waals surface area contributed by atoms with Crippen LogP contribution in [0.1, 0.15) is 24.8 Å². The lowest BCUT2D eigenvalue weighted by Crippen LogP contribution is -2.35. The summed E-state index contributed by atoms with van der Waals surface area (Å²) in [7, 11) is 0. The average molecular weight is 248 g/mol. The van der Waals surface area contributed by atoms with Gasteiger partial charge in [-0.3, -0.25) is 4.79 Å². The Bertz CT molecular complexity index is 381. The molecule has 0 aliphatic heterocycles. The van der Waals surface area contributed by atoms with Crippen molar-refractivity contribution in [3.8, 4) is 0 Å². The monoisotopic (exact) mass is 248 g/mol. The van der Waals surface area contributed by atoms with Crippen LogP contribution in [-0.4, -0.2) is 24.7 Å². The molecule has 98 valence electrons. The third kappa shape index (κ3) is 3.82. The summed E-state index contributed by atoms with van der Waals surface area (Å²) in [6.45, 7) is 0.644. The molecular weight excluding hydrogens is 228 g/mol. The number of carbonyl (C=O) groups excluding carboxylic acids is 1. The molecule has 1 amide bonds. The van der Waals surface area contributed by atoms with Gasteiger partial charge in [0.25, 0.3) is 0 Å². The van der Waals surface area contributed by atoms with Crippen LogP contribution in [0.25, 0.3) is 0 Å². The van der Waals surface area contributed by atoms with Gasteiger partial charge in [-0.15, -0.1) is 0 Å². The van der Waals surface area contributed by atoms with Gasteiger partial charge in [0.05, 0.1) is 6.10 Å². The Labute approximate surface area is 108 Å². The molecule has 0 heterocycles. The first-order chi connectivity index (χ1) is 8.75. The highest BCUT2D eigenvalue weighted by atomic mass is 16.5. The average Bonchev–Trinajstić information content (AvgIpc) is 2.81. The van der Waals surface area contributed by atoms with Crippen LogP contribution < -0.4 is 11.1 Å². The molecule has 1 fully saturated rings. The normalized spacial score (nSPS) is 22.9. The molecule has 18 heavy (non-hydrogen) atoms. The van der Waals surface area contributed by atoms with E-state index >= 15 is 0 Å². The van der Waals surface area contributed by atoms with Crippen LogP contribution in [0.5, 0.6) is 0 Å². The Morgan fingerprint density at radius 3 is 2.78 bits per heavy atom. The standard InChI is InChI=1S/C14H20N2O2/c15-12-7-4-8-13(12)18-10-14(17)16-9-11-5-2-1-3-6-11/h1-3,5-6,12-13H,4,7-10,15H2,(H,16,17). The van der Waals surface area contributed by atoms with E-state index in [-0.39, 0.29) is 24.7 Å². The number of amides is 1. The van der Waals surface area contributed by atoms with E-state index in [4.69, 9.17) is 10.5 Å². The van der Waals surface area contributed by atoms with E-state index in [1.165, 1.54) is 0 Å². The molecule has 0 radical (unpaired) electrons. The Kier molecular flexibility index (Phi) is 4.73. The first-order valence-electron chi connectivity index (χ1n) is 6.43. The van der Waals surface area contributed by atoms with E-state index in [0.717, 1.165) is 24.8 Å². The zero-order valence-electron chi connectivity index (χ0n) is 10.5. The second kappa shape index (κ2) is 6.52. The van der Waals surface area contributed by atoms with Crippen molar-refractivity contribution >= 4 is 5.91 Å². The Balaban J connectivity index is 1.66. The number of nitrogens with two attached hydrogens (primary N) is 1. The number of hydrogen-bond donors (Lipinski definition) is 2. The predicted octanol–water partition coefficient (Wildman–Crippen LogP) is 1.20. The van der Waals surface area contributed by atoms with E-state index in [2.05, 4.69) is 5.32 Å². The van der Waals surface area contributed by atoms with Gasteiger partial charge in [-0.2, -0.15) is 0 Å². The van der Waals surface area contributed by atoms with E-state index < -0.39 is 0 Å². The van der Waals surface area contributed by atoms with Gasteiger partial charge >= 0.3 is 0 Å². The summed E-state index contributed by atoms with van der Waals surface area (Å²) in [5.74, 6) is -0.0852. The zero-order valence-corrected chi connectivity index (χ0v) is 10.5. The number of benzene rings is 1. The molecule has 2 unspecified atom stereocenters. The summed E-state index contributed by atoms with van der Waals surface area (Å²) < 4.78 is 5.53. The van der Waals surface area contributed by atoms with Crippen molar-refractivity contribution in [3.63, 3.8) is 0 Å². The van der Waals surface area contributed by atoms with Crippen LogP contribution in [0.3, 0.4) is 0 Å². The van der Waals surface area contributed by atoms with Crippen molar-refractivity contribution < 1.29 is 9.53 Å². The Morgan fingerprint density at radius 1 is 1.33 bits per heavy atom. The van der Waals surface area contributed by atoms with Crippen LogP contribution >= 0.6 is 0 Å². The molecule has 4 heteroatoms. The maximum atomic E-state index is 11.6. The highest BCUT2D eigenvalue weighted by Crippen LogP contribution is 2.19. The summed E-state index contributed by atoms with van der Waals surface area (Å²) in [6, 6.07) is 9.91. The molecule has 1 saturated carbocycles. The fourth-order valence-corrected chi connectivity index (χ4v) is 2.19. The summed E-state index contributed by atoms with van der Waals surface area (Å²) in [5.41, 5.74) is 6.96. The van der Waals surface area contributed by atoms with Gasteiger partial charge in [0, 0.05) is 12.6 Å². The molecule has 1 aromatic rings. The molecule has 0 saturated heterocycles. The highest BCUT2D eigenvalue weighted by molar-refractivity contribution is 5.77. The molecular formula is C14H20N2O2. The minimum Gasteiger partial charge on any atom is -0.367 e. The molecule has 1 aromatic carbocycles. The molecule has 2 atom stereocenters. The molecule has 4 nitrogen and oxygen atoms in total. The van der Waals surface area contributed by atoms with Crippen LogP contribution in [0, 0.1) is 0 Å². The lowest BCUT2D eigenvalue weighted by Gasteiger charge is -2.16. The molecule has 0 aromatic heterocycles. The van der Waals surface area contributed by atoms with Gasteiger partial charge in [-0.25, -0.2) is 0 Å². The van der Waals surface area contributed by atoms with Crippen LogP contribution in [0.15, 0.2) is 30.3 Å². The van der Waals surface area contributed by atoms with Crippen molar-refractivity contribution in [2.24, 2.45) is 5.73 Å². The number of ether oxygens (including phenoxy) is 1. The van der Waals surface area contributed by atoms with Gasteiger partial charge in [-0.05, 0) is 24.8 Å². The van der Waals surface area contributed by atoms with Crippen molar-refractivity contribution in [3.05, 3.63) is 35.9 Å². The van der Waals surface area contributed by atoms with Crippen molar-refractivity contribution in [2.45, 2.75) is 38.0 Å². The fraction of sp³-hybridized carbons (Fsp3) is 0.500. The molecule has 2 rings (SSSR count). The molecule has 0 bridgehead atoms. The summed E-state index contributed by atoms with van der Waals surface area (Å²) in [6.07, 6.45) is 3.11. The molecule has 0 spiro atoms. The predicted molar refractivity (Wildman–Crippen MR) is 69.9 cm³/mol. The zero-order chi connectivity index (χ0) is 12.8. The SMILES string of the molecule is NC1CCCC1OCC(=O)NCc1ccccc1. The minimum atomic E-state index is -0.0852. The van der Waals surface area contributed by atoms with E-state index in [9.17, 15) is 4.79 Å². The third-order valence-corrected chi connectivity index (χ3v) is 3.26. The van der Waals surface area contributed by atoms with Crippen molar-refractivity contribution in [1.29, 1.82) is 0 Å². The number of carbonyl (C=O) groups is 1. The van der Waals surface area contributed by atoms with Crippen LogP contribution in [0.4, 0.5) is 0 Å². The van der Waals surface area contributed by atoms with Gasteiger partial charge in [0.1, 0.15) is 6.61 Å². The second-order valence-corrected chi connectivity index (χ2v) is 4.71. The highest BCUT2D eigenvalue weighted by Gasteiger charge is 2.24. The summed E-state index contributed by atoms with van der Waals surface area (Å²) in [4.78, 5) is 11.6. The lowest BCUT2D eigenvalue weighted by molar-refractivity contribution is -0.127. The summed E-state index contributed by atoms with van der Waals surface area (Å²) in [5, 5.41) is 2.83. The minimum absolute atomic E-state index is 0.0486. The molecule has 1 aliphatic rings. The topological polar surface area (TPSA) is 64.3 Å². The van der Waals surface area contributed by atoms with E-state index in [1.54, 1.807) is 0 Å². The number of hydrogen-bond acceptors (Lipinski definition) is 3. The van der Waals surface area contributed by atoms with Crippen LogP contribution in [-0.2, 0) is 16.1 Å². The number of nitrogens with one attached hydrogen (secondary N) is 1. The van der Waals surface area contributed by atoms with Gasteiger partial charge in [0.15, 0.2) is 0 Å². The summed E-state index contributed by atoms with van der Waals surface area (Å²) >= 11 is 0. The Hall–Kier alpha value is -1.39. The third-order valence-electron chi connectivity index (χ3n) is 3.26. The first-order valence-corrected chi connectivity index (χ1v) is 6.43. The van der Waals surface area contributed by atoms with Crippen LogP contribution in [0.2, 0.25) is 0 Å². The van der Waals surface area contributed by atoms with E-state index in [1.807, 2.05) is 30.3 Å². The van der Waals surface area contributed by atoms with Gasteiger partial charge < -0.3 is 15.8 Å².